The number of halogens is 1. The Balaban J connectivity index is 1.71. The van der Waals surface area contributed by atoms with Gasteiger partial charge in [-0.2, -0.15) is 0 Å². The molecular formula is C24H25FN2O2. The molecule has 1 aliphatic carbocycles. The average molecular weight is 392 g/mol. The van der Waals surface area contributed by atoms with Crippen LogP contribution in [0.25, 0.3) is 10.8 Å². The van der Waals surface area contributed by atoms with E-state index in [4.69, 9.17) is 0 Å². The molecule has 2 atom stereocenters. The highest BCUT2D eigenvalue weighted by Crippen LogP contribution is 2.28. The van der Waals surface area contributed by atoms with Crippen molar-refractivity contribution in [1.29, 1.82) is 0 Å². The van der Waals surface area contributed by atoms with Crippen molar-refractivity contribution in [1.82, 2.24) is 10.3 Å². The molecule has 1 heterocycles. The predicted octanol–water partition coefficient (Wildman–Crippen LogP) is 4.31. The van der Waals surface area contributed by atoms with E-state index in [0.717, 1.165) is 35.0 Å². The number of fused-ring (bicyclic) bond motifs is 1. The molecule has 1 aliphatic rings. The van der Waals surface area contributed by atoms with Crippen LogP contribution in [0.1, 0.15) is 52.9 Å². The van der Waals surface area contributed by atoms with E-state index in [1.54, 1.807) is 18.2 Å². The van der Waals surface area contributed by atoms with Crippen molar-refractivity contribution in [3.8, 4) is 0 Å². The fourth-order valence-corrected chi connectivity index (χ4v) is 4.08. The predicted molar refractivity (Wildman–Crippen MR) is 111 cm³/mol. The lowest BCUT2D eigenvalue weighted by molar-refractivity contribution is 0.0714. The van der Waals surface area contributed by atoms with Crippen molar-refractivity contribution >= 4 is 16.7 Å². The zero-order valence-electron chi connectivity index (χ0n) is 16.5. The topological polar surface area (TPSA) is 62.2 Å². The molecule has 1 saturated carbocycles. The average Bonchev–Trinajstić information content (AvgIpc) is 2.73. The van der Waals surface area contributed by atoms with Gasteiger partial charge in [0.2, 0.25) is 0 Å². The number of hydrogen-bond donors (Lipinski definition) is 2. The number of rotatable bonds is 4. The number of amides is 1. The second kappa shape index (κ2) is 8.29. The van der Waals surface area contributed by atoms with E-state index < -0.39 is 17.8 Å². The number of aryl methyl sites for hydroxylation is 1. The fourth-order valence-electron chi connectivity index (χ4n) is 4.08. The smallest absolute Gasteiger partial charge is 0.254 e. The van der Waals surface area contributed by atoms with Crippen LogP contribution in [-0.2, 0) is 6.42 Å². The molecule has 4 nitrogen and oxygen atoms in total. The zero-order valence-corrected chi connectivity index (χ0v) is 16.5. The molecular weight excluding hydrogens is 367 g/mol. The molecule has 0 spiro atoms. The summed E-state index contributed by atoms with van der Waals surface area (Å²) in [5.74, 6) is -0.989. The third kappa shape index (κ3) is 4.15. The van der Waals surface area contributed by atoms with Gasteiger partial charge >= 0.3 is 0 Å². The minimum Gasteiger partial charge on any atom is -0.391 e. The summed E-state index contributed by atoms with van der Waals surface area (Å²) in [7, 11) is 0. The highest BCUT2D eigenvalue weighted by atomic mass is 19.1. The van der Waals surface area contributed by atoms with Gasteiger partial charge in [0.25, 0.3) is 5.91 Å². The van der Waals surface area contributed by atoms with Crippen molar-refractivity contribution in [3.63, 3.8) is 0 Å². The monoisotopic (exact) mass is 392 g/mol. The highest BCUT2D eigenvalue weighted by Gasteiger charge is 2.26. The molecule has 0 bridgehead atoms. The Morgan fingerprint density at radius 3 is 2.66 bits per heavy atom. The standard InChI is InChI=1S/C24H25FN2O2/c1-15-10-11-16(14-26-15)12-17-13-20(23(25)19-7-3-2-6-18(17)19)24(29)27-21-8-4-5-9-22(21)28/h2-3,6-7,10-11,13-14,21-22,28H,4-5,8-9,12H2,1H3,(H,27,29)/t21-,22-/m0/s1. The van der Waals surface area contributed by atoms with Gasteiger partial charge in [0.05, 0.1) is 17.7 Å². The number of carbonyl (C=O) groups is 1. The van der Waals surface area contributed by atoms with Gasteiger partial charge in [0, 0.05) is 17.3 Å². The minimum absolute atomic E-state index is 0.0246. The molecule has 5 heteroatoms. The second-order valence-corrected chi connectivity index (χ2v) is 7.86. The summed E-state index contributed by atoms with van der Waals surface area (Å²) in [5.41, 5.74) is 2.84. The van der Waals surface area contributed by atoms with E-state index in [1.165, 1.54) is 0 Å². The first-order valence-electron chi connectivity index (χ1n) is 10.1. The van der Waals surface area contributed by atoms with Gasteiger partial charge in [-0.05, 0) is 54.8 Å². The van der Waals surface area contributed by atoms with Gasteiger partial charge in [-0.3, -0.25) is 9.78 Å². The van der Waals surface area contributed by atoms with Crippen LogP contribution >= 0.6 is 0 Å². The number of pyridine rings is 1. The molecule has 0 radical (unpaired) electrons. The third-order valence-corrected chi connectivity index (χ3v) is 5.72. The Hall–Kier alpha value is -2.79. The number of hydrogen-bond acceptors (Lipinski definition) is 3. The number of aliphatic hydroxyl groups is 1. The third-order valence-electron chi connectivity index (χ3n) is 5.72. The molecule has 1 fully saturated rings. The van der Waals surface area contributed by atoms with Crippen LogP contribution in [0.5, 0.6) is 0 Å². The van der Waals surface area contributed by atoms with E-state index in [1.807, 2.05) is 37.4 Å². The maximum Gasteiger partial charge on any atom is 0.254 e. The van der Waals surface area contributed by atoms with Gasteiger partial charge in [-0.25, -0.2) is 4.39 Å². The summed E-state index contributed by atoms with van der Waals surface area (Å²) in [6.07, 6.45) is 5.07. The second-order valence-electron chi connectivity index (χ2n) is 7.86. The largest absolute Gasteiger partial charge is 0.391 e. The van der Waals surface area contributed by atoms with Crippen LogP contribution in [0.2, 0.25) is 0 Å². The molecule has 1 amide bonds. The van der Waals surface area contributed by atoms with Gasteiger partial charge in [0.15, 0.2) is 0 Å². The van der Waals surface area contributed by atoms with E-state index in [-0.39, 0.29) is 11.6 Å². The molecule has 1 aromatic heterocycles. The molecule has 0 aliphatic heterocycles. The molecule has 3 aromatic rings. The lowest BCUT2D eigenvalue weighted by atomic mass is 9.91. The Morgan fingerprint density at radius 2 is 1.93 bits per heavy atom. The number of carbonyl (C=O) groups excluding carboxylic acids is 1. The molecule has 0 saturated heterocycles. The van der Waals surface area contributed by atoms with E-state index >= 15 is 4.39 Å². The van der Waals surface area contributed by atoms with Crippen LogP contribution in [-0.4, -0.2) is 28.1 Å². The normalized spacial score (nSPS) is 19.3. The lowest BCUT2D eigenvalue weighted by Crippen LogP contribution is -2.45. The Kier molecular flexibility index (Phi) is 5.58. The van der Waals surface area contributed by atoms with Gasteiger partial charge in [0.1, 0.15) is 5.82 Å². The highest BCUT2D eigenvalue weighted by molar-refractivity contribution is 6.00. The summed E-state index contributed by atoms with van der Waals surface area (Å²) >= 11 is 0. The van der Waals surface area contributed by atoms with Crippen molar-refractivity contribution in [2.24, 2.45) is 0 Å². The first kappa shape index (κ1) is 19.5. The molecule has 4 rings (SSSR count). The Labute approximate surface area is 169 Å². The van der Waals surface area contributed by atoms with Crippen molar-refractivity contribution < 1.29 is 14.3 Å². The maximum absolute atomic E-state index is 15.2. The van der Waals surface area contributed by atoms with Crippen molar-refractivity contribution in [3.05, 3.63) is 76.9 Å². The number of nitrogens with one attached hydrogen (secondary N) is 1. The van der Waals surface area contributed by atoms with Crippen LogP contribution in [0.4, 0.5) is 4.39 Å². The summed E-state index contributed by atoms with van der Waals surface area (Å²) in [4.78, 5) is 17.2. The number of aromatic nitrogens is 1. The van der Waals surface area contributed by atoms with Crippen LogP contribution in [0.15, 0.2) is 48.7 Å². The van der Waals surface area contributed by atoms with E-state index in [0.29, 0.717) is 24.6 Å². The lowest BCUT2D eigenvalue weighted by Gasteiger charge is -2.28. The van der Waals surface area contributed by atoms with Crippen LogP contribution in [0, 0.1) is 12.7 Å². The van der Waals surface area contributed by atoms with Gasteiger partial charge in [-0.15, -0.1) is 0 Å². The van der Waals surface area contributed by atoms with Crippen molar-refractivity contribution in [2.45, 2.75) is 51.2 Å². The van der Waals surface area contributed by atoms with Gasteiger partial charge in [-0.1, -0.05) is 43.2 Å². The summed E-state index contributed by atoms with van der Waals surface area (Å²) in [6, 6.07) is 12.5. The molecule has 29 heavy (non-hydrogen) atoms. The quantitative estimate of drug-likeness (QED) is 0.696. The fraction of sp³-hybridized carbons (Fsp3) is 0.333. The molecule has 2 aromatic carbocycles. The SMILES string of the molecule is Cc1ccc(Cc2cc(C(=O)N[C@H]3CCCC[C@@H]3O)c(F)c3ccccc23)cn1. The molecule has 0 unspecified atom stereocenters. The Bertz CT molecular complexity index is 1030. The molecule has 2 N–H and O–H groups in total. The number of nitrogens with zero attached hydrogens (tertiary/aromatic N) is 1. The Morgan fingerprint density at radius 1 is 1.17 bits per heavy atom. The summed E-state index contributed by atoms with van der Waals surface area (Å²) < 4.78 is 15.2. The number of benzene rings is 2. The summed E-state index contributed by atoms with van der Waals surface area (Å²) in [6.45, 7) is 1.93. The molecule has 150 valence electrons. The van der Waals surface area contributed by atoms with Crippen LogP contribution in [0.3, 0.4) is 0 Å². The first-order valence-corrected chi connectivity index (χ1v) is 10.1. The van der Waals surface area contributed by atoms with E-state index in [9.17, 15) is 9.90 Å². The minimum atomic E-state index is -0.575. The van der Waals surface area contributed by atoms with E-state index in [2.05, 4.69) is 10.3 Å². The van der Waals surface area contributed by atoms with Gasteiger partial charge < -0.3 is 10.4 Å². The number of aliphatic hydroxyl groups excluding tert-OH is 1. The first-order chi connectivity index (χ1) is 14.0. The van der Waals surface area contributed by atoms with Crippen molar-refractivity contribution in [2.75, 3.05) is 0 Å². The van der Waals surface area contributed by atoms with Crippen LogP contribution < -0.4 is 5.32 Å². The zero-order chi connectivity index (χ0) is 20.4. The maximum atomic E-state index is 15.2. The summed E-state index contributed by atoms with van der Waals surface area (Å²) in [5, 5.41) is 14.2.